The van der Waals surface area contributed by atoms with Crippen molar-refractivity contribution in [3.8, 4) is 0 Å². The summed E-state index contributed by atoms with van der Waals surface area (Å²) in [6, 6.07) is 6.54. The fraction of sp³-hybridized carbons (Fsp3) is 0.267. The summed E-state index contributed by atoms with van der Waals surface area (Å²) >= 11 is 0. The van der Waals surface area contributed by atoms with Gasteiger partial charge >= 0.3 is 5.97 Å². The fourth-order valence-electron chi connectivity index (χ4n) is 1.54. The van der Waals surface area contributed by atoms with Gasteiger partial charge in [0.2, 0.25) is 6.04 Å². The van der Waals surface area contributed by atoms with E-state index in [2.05, 4.69) is 15.4 Å². The fourth-order valence-corrected chi connectivity index (χ4v) is 1.54. The predicted molar refractivity (Wildman–Crippen MR) is 77.4 cm³/mol. The summed E-state index contributed by atoms with van der Waals surface area (Å²) in [4.78, 5) is 45.8. The molecule has 0 saturated carbocycles. The average molecular weight is 304 g/mol. The number of amides is 2. The minimum Gasteiger partial charge on any atom is -0.421 e. The maximum absolute atomic E-state index is 12.0. The molecule has 0 radical (unpaired) electrons. The Labute approximate surface area is 127 Å². The summed E-state index contributed by atoms with van der Waals surface area (Å²) < 4.78 is 4.43. The van der Waals surface area contributed by atoms with Gasteiger partial charge in [-0.1, -0.05) is 25.1 Å². The summed E-state index contributed by atoms with van der Waals surface area (Å²) in [5.74, 6) is -1.13. The molecule has 1 unspecified atom stereocenters. The normalized spacial score (nSPS) is 10.8. The Morgan fingerprint density at radius 1 is 1.27 bits per heavy atom. The van der Waals surface area contributed by atoms with Crippen LogP contribution in [-0.2, 0) is 19.1 Å². The molecule has 0 heterocycles. The van der Waals surface area contributed by atoms with Gasteiger partial charge in [-0.3, -0.25) is 9.59 Å². The number of nitrogens with one attached hydrogen (secondary N) is 2. The number of rotatable bonds is 7. The third kappa shape index (κ3) is 5.22. The maximum atomic E-state index is 12.0. The SMILES string of the molecule is CCCNC(=O)C(NC(=O)c1ccccc1)C(=O)OC=C=O. The Morgan fingerprint density at radius 3 is 2.55 bits per heavy atom. The van der Waals surface area contributed by atoms with Gasteiger partial charge < -0.3 is 15.4 Å². The molecule has 0 aliphatic heterocycles. The first-order valence-corrected chi connectivity index (χ1v) is 6.63. The zero-order chi connectivity index (χ0) is 16.4. The van der Waals surface area contributed by atoms with Crippen molar-refractivity contribution in [2.24, 2.45) is 0 Å². The minimum absolute atomic E-state index is 0.287. The lowest BCUT2D eigenvalue weighted by molar-refractivity contribution is -0.144. The average Bonchev–Trinajstić information content (AvgIpc) is 2.55. The number of carbonyl (C=O) groups is 3. The molecule has 2 N–H and O–H groups in total. The lowest BCUT2D eigenvalue weighted by atomic mass is 10.2. The van der Waals surface area contributed by atoms with Gasteiger partial charge in [0.1, 0.15) is 0 Å². The number of hydrogen-bond acceptors (Lipinski definition) is 5. The van der Waals surface area contributed by atoms with E-state index in [9.17, 15) is 19.2 Å². The lowest BCUT2D eigenvalue weighted by Gasteiger charge is -2.15. The molecular formula is C15H16N2O5. The molecule has 1 rings (SSSR count). The van der Waals surface area contributed by atoms with E-state index in [1.165, 1.54) is 18.1 Å². The van der Waals surface area contributed by atoms with Crippen LogP contribution in [0.1, 0.15) is 23.7 Å². The molecule has 1 aromatic rings. The number of esters is 1. The summed E-state index contributed by atoms with van der Waals surface area (Å²) in [7, 11) is 0. The van der Waals surface area contributed by atoms with Crippen molar-refractivity contribution >= 4 is 23.7 Å². The molecule has 0 bridgehead atoms. The van der Waals surface area contributed by atoms with E-state index in [1.54, 1.807) is 18.2 Å². The van der Waals surface area contributed by atoms with Crippen LogP contribution in [0.3, 0.4) is 0 Å². The summed E-state index contributed by atoms with van der Waals surface area (Å²) in [6.45, 7) is 2.18. The van der Waals surface area contributed by atoms with Gasteiger partial charge in [-0.15, -0.1) is 0 Å². The maximum Gasteiger partial charge on any atom is 0.344 e. The van der Waals surface area contributed by atoms with Crippen LogP contribution in [0.2, 0.25) is 0 Å². The van der Waals surface area contributed by atoms with Crippen molar-refractivity contribution in [3.05, 3.63) is 42.2 Å². The first-order chi connectivity index (χ1) is 10.6. The van der Waals surface area contributed by atoms with Crippen molar-refractivity contribution in [1.82, 2.24) is 10.6 Å². The first kappa shape index (κ1) is 17.1. The summed E-state index contributed by atoms with van der Waals surface area (Å²) in [6.07, 6.45) is 1.14. The number of carbonyl (C=O) groups excluding carboxylic acids is 4. The highest BCUT2D eigenvalue weighted by Gasteiger charge is 2.29. The van der Waals surface area contributed by atoms with Crippen molar-refractivity contribution in [2.75, 3.05) is 6.54 Å². The Kier molecular flexibility index (Phi) is 7.08. The minimum atomic E-state index is -1.55. The Hall–Kier alpha value is -2.92. The van der Waals surface area contributed by atoms with Gasteiger partial charge in [-0.2, -0.15) is 0 Å². The van der Waals surface area contributed by atoms with E-state index >= 15 is 0 Å². The topological polar surface area (TPSA) is 102 Å². The van der Waals surface area contributed by atoms with Crippen LogP contribution >= 0.6 is 0 Å². The molecule has 22 heavy (non-hydrogen) atoms. The zero-order valence-corrected chi connectivity index (χ0v) is 12.0. The monoisotopic (exact) mass is 304 g/mol. The Bertz CT molecular complexity index is 579. The third-order valence-electron chi connectivity index (χ3n) is 2.58. The number of hydrogen-bond donors (Lipinski definition) is 2. The van der Waals surface area contributed by atoms with Gasteiger partial charge in [0.25, 0.3) is 11.8 Å². The van der Waals surface area contributed by atoms with Crippen molar-refractivity contribution < 1.29 is 23.9 Å². The highest BCUT2D eigenvalue weighted by molar-refractivity contribution is 6.07. The van der Waals surface area contributed by atoms with E-state index < -0.39 is 23.8 Å². The Morgan fingerprint density at radius 2 is 1.95 bits per heavy atom. The van der Waals surface area contributed by atoms with Crippen LogP contribution in [0.4, 0.5) is 0 Å². The van der Waals surface area contributed by atoms with E-state index in [0.717, 1.165) is 0 Å². The van der Waals surface area contributed by atoms with Crippen molar-refractivity contribution in [1.29, 1.82) is 0 Å². The van der Waals surface area contributed by atoms with Crippen LogP contribution in [0.25, 0.3) is 0 Å². The quantitative estimate of drug-likeness (QED) is 0.324. The van der Waals surface area contributed by atoms with E-state index in [-0.39, 0.29) is 5.56 Å². The molecule has 0 saturated heterocycles. The molecule has 0 aliphatic carbocycles. The van der Waals surface area contributed by atoms with Crippen LogP contribution in [0, 0.1) is 0 Å². The molecular weight excluding hydrogens is 288 g/mol. The second kappa shape index (κ2) is 9.10. The van der Waals surface area contributed by atoms with Crippen molar-refractivity contribution in [3.63, 3.8) is 0 Å². The molecule has 1 aromatic carbocycles. The molecule has 0 spiro atoms. The van der Waals surface area contributed by atoms with Crippen LogP contribution < -0.4 is 10.6 Å². The molecule has 0 aliphatic rings. The smallest absolute Gasteiger partial charge is 0.344 e. The van der Waals surface area contributed by atoms with Crippen LogP contribution in [0.15, 0.2) is 36.6 Å². The van der Waals surface area contributed by atoms with Gasteiger partial charge in [0.05, 0.1) is 0 Å². The molecule has 2 amide bonds. The van der Waals surface area contributed by atoms with Gasteiger partial charge in [0.15, 0.2) is 12.2 Å². The van der Waals surface area contributed by atoms with Gasteiger partial charge in [0, 0.05) is 12.1 Å². The first-order valence-electron chi connectivity index (χ1n) is 6.63. The zero-order valence-electron chi connectivity index (χ0n) is 12.0. The predicted octanol–water partition coefficient (Wildman–Crippen LogP) is 0.200. The second-order valence-corrected chi connectivity index (χ2v) is 4.24. The molecule has 0 fully saturated rings. The van der Waals surface area contributed by atoms with E-state index in [1.807, 2.05) is 6.92 Å². The highest BCUT2D eigenvalue weighted by Crippen LogP contribution is 2.00. The standard InChI is InChI=1S/C15H16N2O5/c1-2-8-16-14(20)12(15(21)22-10-9-18)17-13(19)11-6-4-3-5-7-11/h3-7,10,12H,2,8H2,1H3,(H,16,20)(H,17,19). The summed E-state index contributed by atoms with van der Waals surface area (Å²) in [5, 5.41) is 4.75. The van der Waals surface area contributed by atoms with E-state index in [4.69, 9.17) is 0 Å². The molecule has 0 aromatic heterocycles. The number of ether oxygens (including phenoxy) is 1. The van der Waals surface area contributed by atoms with Gasteiger partial charge in [-0.05, 0) is 18.6 Å². The molecule has 7 heteroatoms. The Balaban J connectivity index is 2.84. The largest absolute Gasteiger partial charge is 0.421 e. The molecule has 116 valence electrons. The third-order valence-corrected chi connectivity index (χ3v) is 2.58. The van der Waals surface area contributed by atoms with Crippen LogP contribution in [0.5, 0.6) is 0 Å². The van der Waals surface area contributed by atoms with E-state index in [0.29, 0.717) is 19.2 Å². The van der Waals surface area contributed by atoms with Crippen molar-refractivity contribution in [2.45, 2.75) is 19.4 Å². The van der Waals surface area contributed by atoms with Gasteiger partial charge in [-0.25, -0.2) is 9.59 Å². The molecule has 1 atom stereocenters. The molecule has 7 nitrogen and oxygen atoms in total. The lowest BCUT2D eigenvalue weighted by Crippen LogP contribution is -2.52. The summed E-state index contributed by atoms with van der Waals surface area (Å²) in [5.41, 5.74) is 0.287. The highest BCUT2D eigenvalue weighted by atomic mass is 16.5. The number of benzene rings is 1. The second-order valence-electron chi connectivity index (χ2n) is 4.24. The van der Waals surface area contributed by atoms with Crippen LogP contribution in [-0.4, -0.2) is 36.3 Å².